The lowest BCUT2D eigenvalue weighted by Gasteiger charge is -2.37. The molecule has 1 saturated carbocycles. The van der Waals surface area contributed by atoms with Crippen molar-refractivity contribution in [3.63, 3.8) is 0 Å². The molecule has 7 heteroatoms. The Morgan fingerprint density at radius 2 is 1.97 bits per heavy atom. The molecule has 158 valence electrons. The van der Waals surface area contributed by atoms with E-state index in [1.807, 2.05) is 13.0 Å². The van der Waals surface area contributed by atoms with Gasteiger partial charge < -0.3 is 19.5 Å². The lowest BCUT2D eigenvalue weighted by atomic mass is 9.78. The van der Waals surface area contributed by atoms with E-state index in [0.717, 1.165) is 39.5 Å². The van der Waals surface area contributed by atoms with Crippen molar-refractivity contribution in [3.8, 4) is 0 Å². The van der Waals surface area contributed by atoms with E-state index in [9.17, 15) is 9.59 Å². The minimum atomic E-state index is -0.772. The Morgan fingerprint density at radius 1 is 1.28 bits per heavy atom. The summed E-state index contributed by atoms with van der Waals surface area (Å²) >= 11 is 2.28. The van der Waals surface area contributed by atoms with Crippen molar-refractivity contribution < 1.29 is 23.8 Å². The molecule has 3 rings (SSSR count). The smallest absolute Gasteiger partial charge is 0.434 e. The van der Waals surface area contributed by atoms with Crippen LogP contribution in [0.2, 0.25) is 0 Å². The highest BCUT2D eigenvalue weighted by molar-refractivity contribution is 14.1. The van der Waals surface area contributed by atoms with Gasteiger partial charge in [0.1, 0.15) is 5.76 Å². The van der Waals surface area contributed by atoms with Crippen LogP contribution >= 0.6 is 22.6 Å². The van der Waals surface area contributed by atoms with Gasteiger partial charge in [-0.3, -0.25) is 4.79 Å². The second-order valence-electron chi connectivity index (χ2n) is 7.57. The highest BCUT2D eigenvalue weighted by Crippen LogP contribution is 2.45. The molecule has 1 heterocycles. The molecule has 0 saturated heterocycles. The predicted octanol–water partition coefficient (Wildman–Crippen LogP) is 4.50. The van der Waals surface area contributed by atoms with Gasteiger partial charge in [-0.2, -0.15) is 0 Å². The lowest BCUT2D eigenvalue weighted by molar-refractivity contribution is -0.116. The summed E-state index contributed by atoms with van der Waals surface area (Å²) in [5.41, 5.74) is 2.67. The molecule has 1 N–H and O–H groups in total. The highest BCUT2D eigenvalue weighted by Gasteiger charge is 2.50. The number of halogens is 1. The van der Waals surface area contributed by atoms with Gasteiger partial charge in [0, 0.05) is 10.7 Å². The number of nitrogens with one attached hydrogen (secondary N) is 1. The summed E-state index contributed by atoms with van der Waals surface area (Å²) in [4.78, 5) is 25.5. The highest BCUT2D eigenvalue weighted by atomic mass is 127. The van der Waals surface area contributed by atoms with Crippen LogP contribution in [0.4, 0.5) is 4.79 Å². The molecule has 0 atom stereocenters. The third kappa shape index (κ3) is 4.30. The van der Waals surface area contributed by atoms with Gasteiger partial charge in [-0.15, -0.1) is 0 Å². The van der Waals surface area contributed by atoms with Crippen LogP contribution in [0.1, 0.15) is 56.2 Å². The van der Waals surface area contributed by atoms with Crippen LogP contribution in [-0.4, -0.2) is 37.4 Å². The van der Waals surface area contributed by atoms with Crippen molar-refractivity contribution >= 4 is 40.2 Å². The van der Waals surface area contributed by atoms with E-state index in [4.69, 9.17) is 14.2 Å². The third-order valence-electron chi connectivity index (χ3n) is 5.82. The molecular weight excluding hydrogens is 485 g/mol. The second-order valence-corrected chi connectivity index (χ2v) is 8.82. The van der Waals surface area contributed by atoms with Crippen LogP contribution in [0.5, 0.6) is 0 Å². The second kappa shape index (κ2) is 9.04. The van der Waals surface area contributed by atoms with Crippen LogP contribution in [0, 0.1) is 10.5 Å². The van der Waals surface area contributed by atoms with Gasteiger partial charge in [0.05, 0.1) is 23.8 Å². The molecule has 0 aromatic heterocycles. The van der Waals surface area contributed by atoms with E-state index in [-0.39, 0.29) is 18.6 Å². The summed E-state index contributed by atoms with van der Waals surface area (Å²) in [5.74, 6) is 0.202. The van der Waals surface area contributed by atoms with E-state index in [2.05, 4.69) is 40.9 Å². The molecule has 2 aliphatic rings. The first-order valence-electron chi connectivity index (χ1n) is 10.1. The summed E-state index contributed by atoms with van der Waals surface area (Å²) in [5, 5.41) is 3.15. The largest absolute Gasteiger partial charge is 0.513 e. The Kier molecular flexibility index (Phi) is 6.88. The summed E-state index contributed by atoms with van der Waals surface area (Å²) in [6.07, 6.45) is 3.02. The summed E-state index contributed by atoms with van der Waals surface area (Å²) in [7, 11) is 1.70. The maximum absolute atomic E-state index is 13.2. The minimum Gasteiger partial charge on any atom is -0.434 e. The number of aryl methyl sites for hydroxylation is 2. The summed E-state index contributed by atoms with van der Waals surface area (Å²) in [6, 6.07) is 4.13. The van der Waals surface area contributed by atoms with Gasteiger partial charge in [-0.1, -0.05) is 6.92 Å². The fourth-order valence-corrected chi connectivity index (χ4v) is 5.25. The number of benzene rings is 1. The van der Waals surface area contributed by atoms with Crippen LogP contribution in [0.15, 0.2) is 17.9 Å². The number of rotatable bonds is 5. The Balaban J connectivity index is 2.15. The average Bonchev–Trinajstić information content (AvgIpc) is 2.93. The van der Waals surface area contributed by atoms with Crippen molar-refractivity contribution in [2.75, 3.05) is 13.7 Å². The quantitative estimate of drug-likeness (QED) is 0.464. The topological polar surface area (TPSA) is 73.9 Å². The molecule has 1 amide bonds. The molecule has 29 heavy (non-hydrogen) atoms. The molecule has 1 aromatic carbocycles. The molecule has 1 aliphatic carbocycles. The number of carbonyl (C=O) groups excluding carboxylic acids is 2. The number of amides is 1. The standard InChI is InChI=1S/C22H28INO5/c1-5-14-12-15(23)11-13(3)17(14)18-19(29-21(26)28-6-2)22(24-20(18)25)9-7-16(27-4)8-10-22/h11-12,16H,5-10H2,1-4H3,(H,24,25). The van der Waals surface area contributed by atoms with E-state index in [1.54, 1.807) is 14.0 Å². The molecule has 0 unspecified atom stereocenters. The zero-order valence-corrected chi connectivity index (χ0v) is 19.6. The van der Waals surface area contributed by atoms with E-state index in [1.165, 1.54) is 0 Å². The van der Waals surface area contributed by atoms with E-state index >= 15 is 0 Å². The lowest BCUT2D eigenvalue weighted by Crippen LogP contribution is -2.49. The summed E-state index contributed by atoms with van der Waals surface area (Å²) < 4.78 is 17.4. The first kappa shape index (κ1) is 22.1. The number of hydrogen-bond acceptors (Lipinski definition) is 5. The van der Waals surface area contributed by atoms with Crippen molar-refractivity contribution in [2.24, 2.45) is 0 Å². The zero-order chi connectivity index (χ0) is 21.2. The maximum atomic E-state index is 13.2. The summed E-state index contributed by atoms with van der Waals surface area (Å²) in [6.45, 7) is 6.00. The van der Waals surface area contributed by atoms with E-state index in [0.29, 0.717) is 24.2 Å². The molecular formula is C22H28INO5. The van der Waals surface area contributed by atoms with Crippen molar-refractivity contribution in [1.82, 2.24) is 5.32 Å². The SMILES string of the molecule is CCOC(=O)OC1=C(c2c(C)cc(I)cc2CC)C(=O)NC12CCC(OC)CC2. The zero-order valence-electron chi connectivity index (χ0n) is 17.4. The molecule has 1 aromatic rings. The van der Waals surface area contributed by atoms with Crippen molar-refractivity contribution in [1.29, 1.82) is 0 Å². The van der Waals surface area contributed by atoms with Gasteiger partial charge in [-0.05, 0) is 97.4 Å². The molecule has 6 nitrogen and oxygen atoms in total. The van der Waals surface area contributed by atoms with Crippen molar-refractivity contribution in [3.05, 3.63) is 38.2 Å². The van der Waals surface area contributed by atoms with E-state index < -0.39 is 11.7 Å². The average molecular weight is 513 g/mol. The minimum absolute atomic E-state index is 0.150. The first-order chi connectivity index (χ1) is 13.8. The van der Waals surface area contributed by atoms with Crippen LogP contribution in [0.25, 0.3) is 5.57 Å². The molecule has 1 fully saturated rings. The molecule has 1 spiro atoms. The van der Waals surface area contributed by atoms with Crippen molar-refractivity contribution in [2.45, 2.75) is 64.5 Å². The number of hydrogen-bond donors (Lipinski definition) is 1. The third-order valence-corrected chi connectivity index (χ3v) is 6.44. The number of ether oxygens (including phenoxy) is 3. The normalized spacial score (nSPS) is 24.0. The van der Waals surface area contributed by atoms with Crippen LogP contribution in [0.3, 0.4) is 0 Å². The fraction of sp³-hybridized carbons (Fsp3) is 0.545. The fourth-order valence-electron chi connectivity index (χ4n) is 4.41. The molecule has 0 radical (unpaired) electrons. The van der Waals surface area contributed by atoms with Crippen LogP contribution in [-0.2, 0) is 25.4 Å². The first-order valence-corrected chi connectivity index (χ1v) is 11.2. The Bertz CT molecular complexity index is 840. The van der Waals surface area contributed by atoms with Gasteiger partial charge >= 0.3 is 6.16 Å². The van der Waals surface area contributed by atoms with Gasteiger partial charge in [0.2, 0.25) is 0 Å². The monoisotopic (exact) mass is 513 g/mol. The van der Waals surface area contributed by atoms with Gasteiger partial charge in [-0.25, -0.2) is 4.79 Å². The Morgan fingerprint density at radius 3 is 2.55 bits per heavy atom. The maximum Gasteiger partial charge on any atom is 0.513 e. The predicted molar refractivity (Wildman–Crippen MR) is 118 cm³/mol. The van der Waals surface area contributed by atoms with Gasteiger partial charge in [0.15, 0.2) is 0 Å². The Labute approximate surface area is 185 Å². The molecule has 1 aliphatic heterocycles. The number of carbonyl (C=O) groups is 2. The van der Waals surface area contributed by atoms with Crippen LogP contribution < -0.4 is 5.32 Å². The van der Waals surface area contributed by atoms with Gasteiger partial charge in [0.25, 0.3) is 5.91 Å². The molecule has 0 bridgehead atoms. The Hall–Kier alpha value is -1.61. The number of methoxy groups -OCH3 is 1.